The lowest BCUT2D eigenvalue weighted by Crippen LogP contribution is -2.03. The molecule has 2 rings (SSSR count). The largest absolute Gasteiger partial charge is 0.508 e. The van der Waals surface area contributed by atoms with Crippen molar-refractivity contribution in [2.75, 3.05) is 12.4 Å². The maximum absolute atomic E-state index is 13.5. The minimum atomic E-state index is -0.449. The van der Waals surface area contributed by atoms with Crippen molar-refractivity contribution < 1.29 is 9.50 Å². The van der Waals surface area contributed by atoms with E-state index < -0.39 is 5.82 Å². The molecule has 1 aromatic carbocycles. The number of halogens is 1. The van der Waals surface area contributed by atoms with Crippen LogP contribution in [0.3, 0.4) is 0 Å². The summed E-state index contributed by atoms with van der Waals surface area (Å²) in [6.45, 7) is 1.59. The number of phenols is 1. The van der Waals surface area contributed by atoms with Gasteiger partial charge in [-0.15, -0.1) is 0 Å². The summed E-state index contributed by atoms with van der Waals surface area (Å²) >= 11 is 0. The first-order valence-corrected chi connectivity index (χ1v) is 5.13. The third kappa shape index (κ3) is 2.18. The lowest BCUT2D eigenvalue weighted by Gasteiger charge is -2.07. The van der Waals surface area contributed by atoms with Crippen molar-refractivity contribution in [3.8, 4) is 17.1 Å². The molecule has 2 N–H and O–H groups in total. The van der Waals surface area contributed by atoms with E-state index in [0.29, 0.717) is 5.82 Å². The van der Waals surface area contributed by atoms with Crippen LogP contribution in [0.15, 0.2) is 24.3 Å². The summed E-state index contributed by atoms with van der Waals surface area (Å²) < 4.78 is 13.5. The van der Waals surface area contributed by atoms with Gasteiger partial charge in [0.25, 0.3) is 0 Å². The lowest BCUT2D eigenvalue weighted by molar-refractivity contribution is 0.475. The molecule has 0 bridgehead atoms. The van der Waals surface area contributed by atoms with Crippen molar-refractivity contribution in [1.82, 2.24) is 9.97 Å². The Hall–Kier alpha value is -2.17. The second-order valence-electron chi connectivity index (χ2n) is 3.59. The van der Waals surface area contributed by atoms with Crippen molar-refractivity contribution in [3.05, 3.63) is 35.8 Å². The van der Waals surface area contributed by atoms with Gasteiger partial charge < -0.3 is 10.4 Å². The van der Waals surface area contributed by atoms with Crippen molar-refractivity contribution in [1.29, 1.82) is 0 Å². The zero-order valence-electron chi connectivity index (χ0n) is 9.53. The van der Waals surface area contributed by atoms with Crippen LogP contribution in [0, 0.1) is 12.7 Å². The quantitative estimate of drug-likeness (QED) is 0.835. The van der Waals surface area contributed by atoms with Gasteiger partial charge in [0.2, 0.25) is 0 Å². The summed E-state index contributed by atoms with van der Waals surface area (Å²) in [6, 6.07) is 6.44. The third-order valence-electron chi connectivity index (χ3n) is 2.38. The Balaban J connectivity index is 2.52. The number of aryl methyl sites for hydroxylation is 1. The molecule has 1 heterocycles. The smallest absolute Gasteiger partial charge is 0.186 e. The van der Waals surface area contributed by atoms with E-state index in [1.165, 1.54) is 12.1 Å². The van der Waals surface area contributed by atoms with Gasteiger partial charge in [0, 0.05) is 12.6 Å². The average Bonchev–Trinajstić information content (AvgIpc) is 2.33. The first kappa shape index (κ1) is 11.3. The number of aromatic hydroxyl groups is 1. The molecule has 88 valence electrons. The number of anilines is 1. The molecule has 17 heavy (non-hydrogen) atoms. The highest BCUT2D eigenvalue weighted by atomic mass is 19.1. The Bertz CT molecular complexity index is 540. The number of aromatic nitrogens is 2. The van der Waals surface area contributed by atoms with E-state index in [4.69, 9.17) is 0 Å². The van der Waals surface area contributed by atoms with E-state index in [1.807, 2.05) is 0 Å². The highest BCUT2D eigenvalue weighted by molar-refractivity contribution is 5.58. The lowest BCUT2D eigenvalue weighted by atomic mass is 10.2. The monoisotopic (exact) mass is 233 g/mol. The highest BCUT2D eigenvalue weighted by Crippen LogP contribution is 2.22. The molecule has 0 saturated carbocycles. The van der Waals surface area contributed by atoms with Gasteiger partial charge in [0.15, 0.2) is 17.5 Å². The van der Waals surface area contributed by atoms with Crippen molar-refractivity contribution in [3.63, 3.8) is 0 Å². The Kier molecular flexibility index (Phi) is 2.91. The molecule has 0 aliphatic heterocycles. The Morgan fingerprint density at radius 3 is 2.41 bits per heavy atom. The second kappa shape index (κ2) is 4.37. The van der Waals surface area contributed by atoms with Crippen molar-refractivity contribution in [2.24, 2.45) is 0 Å². The number of nitrogens with zero attached hydrogens (tertiary/aromatic N) is 2. The summed E-state index contributed by atoms with van der Waals surface area (Å²) in [4.78, 5) is 8.15. The molecule has 0 unspecified atom stereocenters. The zero-order chi connectivity index (χ0) is 12.4. The molecule has 5 heteroatoms. The average molecular weight is 233 g/mol. The fourth-order valence-corrected chi connectivity index (χ4v) is 1.46. The van der Waals surface area contributed by atoms with Gasteiger partial charge in [0.1, 0.15) is 5.75 Å². The second-order valence-corrected chi connectivity index (χ2v) is 3.59. The van der Waals surface area contributed by atoms with Gasteiger partial charge in [0.05, 0.1) is 5.69 Å². The van der Waals surface area contributed by atoms with E-state index in [1.54, 1.807) is 26.1 Å². The SMILES string of the molecule is CNc1nc(-c2ccc(O)cc2)nc(C)c1F. The summed E-state index contributed by atoms with van der Waals surface area (Å²) in [7, 11) is 1.60. The van der Waals surface area contributed by atoms with Crippen LogP contribution in [-0.2, 0) is 0 Å². The maximum Gasteiger partial charge on any atom is 0.186 e. The van der Waals surface area contributed by atoms with Crippen LogP contribution in [0.1, 0.15) is 5.69 Å². The third-order valence-corrected chi connectivity index (χ3v) is 2.38. The van der Waals surface area contributed by atoms with Crippen LogP contribution in [0.2, 0.25) is 0 Å². The molecule has 1 aromatic heterocycles. The van der Waals surface area contributed by atoms with E-state index in [9.17, 15) is 9.50 Å². The summed E-state index contributed by atoms with van der Waals surface area (Å²) in [6.07, 6.45) is 0. The number of phenolic OH excluding ortho intramolecular Hbond substituents is 1. The van der Waals surface area contributed by atoms with Crippen LogP contribution in [0.4, 0.5) is 10.2 Å². The van der Waals surface area contributed by atoms with Crippen LogP contribution >= 0.6 is 0 Å². The van der Waals surface area contributed by atoms with Gasteiger partial charge >= 0.3 is 0 Å². The summed E-state index contributed by atoms with van der Waals surface area (Å²) in [5.74, 6) is 0.310. The van der Waals surface area contributed by atoms with E-state index in [-0.39, 0.29) is 17.3 Å². The number of nitrogens with one attached hydrogen (secondary N) is 1. The van der Waals surface area contributed by atoms with Crippen molar-refractivity contribution in [2.45, 2.75) is 6.92 Å². The standard InChI is InChI=1S/C12H12FN3O/c1-7-10(13)12(14-2)16-11(15-7)8-3-5-9(17)6-4-8/h3-6,17H,1-2H3,(H,14,15,16). The zero-order valence-corrected chi connectivity index (χ0v) is 9.53. The predicted octanol–water partition coefficient (Wildman–Crippen LogP) is 2.34. The molecule has 4 nitrogen and oxygen atoms in total. The molecular formula is C12H12FN3O. The molecule has 0 aliphatic carbocycles. The molecule has 0 radical (unpaired) electrons. The Labute approximate surface area is 98.2 Å². The van der Waals surface area contributed by atoms with E-state index in [2.05, 4.69) is 15.3 Å². The van der Waals surface area contributed by atoms with Crippen LogP contribution in [0.5, 0.6) is 5.75 Å². The normalized spacial score (nSPS) is 10.3. The number of benzene rings is 1. The van der Waals surface area contributed by atoms with Crippen LogP contribution in [-0.4, -0.2) is 22.1 Å². The molecule has 0 amide bonds. The van der Waals surface area contributed by atoms with Gasteiger partial charge in [-0.25, -0.2) is 14.4 Å². The van der Waals surface area contributed by atoms with Gasteiger partial charge in [-0.05, 0) is 31.2 Å². The number of hydrogen-bond donors (Lipinski definition) is 2. The molecule has 0 saturated heterocycles. The van der Waals surface area contributed by atoms with Crippen molar-refractivity contribution >= 4 is 5.82 Å². The number of hydrogen-bond acceptors (Lipinski definition) is 4. The van der Waals surface area contributed by atoms with Gasteiger partial charge in [-0.1, -0.05) is 0 Å². The topological polar surface area (TPSA) is 58.0 Å². The van der Waals surface area contributed by atoms with Gasteiger partial charge in [-0.2, -0.15) is 0 Å². The first-order valence-electron chi connectivity index (χ1n) is 5.13. The van der Waals surface area contributed by atoms with E-state index in [0.717, 1.165) is 5.56 Å². The highest BCUT2D eigenvalue weighted by Gasteiger charge is 2.11. The minimum Gasteiger partial charge on any atom is -0.508 e. The Morgan fingerprint density at radius 1 is 1.18 bits per heavy atom. The fourth-order valence-electron chi connectivity index (χ4n) is 1.46. The fraction of sp³-hybridized carbons (Fsp3) is 0.167. The van der Waals surface area contributed by atoms with Gasteiger partial charge in [-0.3, -0.25) is 0 Å². The first-order chi connectivity index (χ1) is 8.11. The molecule has 0 atom stereocenters. The van der Waals surface area contributed by atoms with E-state index >= 15 is 0 Å². The molecular weight excluding hydrogens is 221 g/mol. The summed E-state index contributed by atoms with van der Waals surface area (Å²) in [5, 5.41) is 11.9. The molecule has 2 aromatic rings. The Morgan fingerprint density at radius 2 is 1.82 bits per heavy atom. The molecule has 0 fully saturated rings. The predicted molar refractivity (Wildman–Crippen MR) is 63.4 cm³/mol. The van der Waals surface area contributed by atoms with Crippen LogP contribution < -0.4 is 5.32 Å². The minimum absolute atomic E-state index is 0.167. The number of rotatable bonds is 2. The summed E-state index contributed by atoms with van der Waals surface area (Å²) in [5.41, 5.74) is 1.01. The molecule has 0 aliphatic rings. The van der Waals surface area contributed by atoms with Crippen LogP contribution in [0.25, 0.3) is 11.4 Å². The molecule has 0 spiro atoms. The maximum atomic E-state index is 13.5.